The number of rotatable bonds is 6. The smallest absolute Gasteiger partial charge is 0.254 e. The Morgan fingerprint density at radius 1 is 0.903 bits per heavy atom. The highest BCUT2D eigenvalue weighted by Crippen LogP contribution is 2.32. The quantitative estimate of drug-likeness (QED) is 0.653. The molecule has 0 radical (unpaired) electrons. The molecule has 0 fully saturated rings. The molecule has 0 spiro atoms. The molecule has 4 rings (SSSR count). The average Bonchev–Trinajstić information content (AvgIpc) is 2.82. The van der Waals surface area contributed by atoms with E-state index >= 15 is 0 Å². The van der Waals surface area contributed by atoms with E-state index in [9.17, 15) is 9.59 Å². The topological polar surface area (TPSA) is 67.9 Å². The fraction of sp³-hybridized carbons (Fsp3) is 0.200. The normalized spacial score (nSPS) is 12.2. The van der Waals surface area contributed by atoms with Crippen LogP contribution in [0.1, 0.15) is 17.3 Å². The first kappa shape index (κ1) is 20.5. The molecular formula is C25H24N2O4. The van der Waals surface area contributed by atoms with Crippen LogP contribution in [-0.2, 0) is 4.79 Å². The van der Waals surface area contributed by atoms with E-state index in [1.54, 1.807) is 24.3 Å². The summed E-state index contributed by atoms with van der Waals surface area (Å²) in [5.41, 5.74) is 2.98. The first-order valence-corrected chi connectivity index (χ1v) is 10.3. The van der Waals surface area contributed by atoms with Crippen LogP contribution in [-0.4, -0.2) is 43.0 Å². The Balaban J connectivity index is 1.48. The summed E-state index contributed by atoms with van der Waals surface area (Å²) in [6.45, 7) is 3.21. The van der Waals surface area contributed by atoms with Crippen LogP contribution < -0.4 is 14.8 Å². The van der Waals surface area contributed by atoms with Gasteiger partial charge in [0.1, 0.15) is 19.8 Å². The Labute approximate surface area is 181 Å². The zero-order valence-electron chi connectivity index (χ0n) is 17.3. The molecular weight excluding hydrogens is 392 g/mol. The van der Waals surface area contributed by atoms with Crippen molar-refractivity contribution in [3.8, 4) is 22.6 Å². The summed E-state index contributed by atoms with van der Waals surface area (Å²) in [6, 6.07) is 22.5. The summed E-state index contributed by atoms with van der Waals surface area (Å²) >= 11 is 0. The highest BCUT2D eigenvalue weighted by Gasteiger charge is 2.21. The maximum atomic E-state index is 13.3. The molecule has 158 valence electrons. The SMILES string of the molecule is CCN(CC(=O)Nc1ccc2c(c1)OCCO2)C(=O)c1ccccc1-c1ccccc1. The van der Waals surface area contributed by atoms with Gasteiger partial charge in [-0.25, -0.2) is 0 Å². The monoisotopic (exact) mass is 416 g/mol. The largest absolute Gasteiger partial charge is 0.486 e. The lowest BCUT2D eigenvalue weighted by Gasteiger charge is -2.22. The van der Waals surface area contributed by atoms with E-state index in [1.165, 1.54) is 4.90 Å². The summed E-state index contributed by atoms with van der Waals surface area (Å²) < 4.78 is 11.1. The molecule has 6 heteroatoms. The highest BCUT2D eigenvalue weighted by molar-refractivity contribution is 6.03. The molecule has 3 aromatic rings. The van der Waals surface area contributed by atoms with Crippen LogP contribution in [0.4, 0.5) is 5.69 Å². The lowest BCUT2D eigenvalue weighted by molar-refractivity contribution is -0.116. The van der Waals surface area contributed by atoms with E-state index in [0.717, 1.165) is 11.1 Å². The van der Waals surface area contributed by atoms with Gasteiger partial charge < -0.3 is 19.7 Å². The highest BCUT2D eigenvalue weighted by atomic mass is 16.6. The molecule has 31 heavy (non-hydrogen) atoms. The van der Waals surface area contributed by atoms with Crippen LogP contribution in [0.2, 0.25) is 0 Å². The summed E-state index contributed by atoms with van der Waals surface area (Å²) in [5, 5.41) is 2.84. The van der Waals surface area contributed by atoms with Crippen LogP contribution in [0.5, 0.6) is 11.5 Å². The van der Waals surface area contributed by atoms with Crippen molar-refractivity contribution < 1.29 is 19.1 Å². The predicted octanol–water partition coefficient (Wildman–Crippen LogP) is 4.23. The van der Waals surface area contributed by atoms with Gasteiger partial charge in [0.2, 0.25) is 5.91 Å². The van der Waals surface area contributed by atoms with Gasteiger partial charge in [-0.15, -0.1) is 0 Å². The first-order chi connectivity index (χ1) is 15.2. The van der Waals surface area contributed by atoms with E-state index in [2.05, 4.69) is 5.32 Å². The van der Waals surface area contributed by atoms with E-state index in [4.69, 9.17) is 9.47 Å². The average molecular weight is 416 g/mol. The molecule has 0 atom stereocenters. The fourth-order valence-corrected chi connectivity index (χ4v) is 3.53. The minimum atomic E-state index is -0.274. The number of ether oxygens (including phenoxy) is 2. The number of carbonyl (C=O) groups excluding carboxylic acids is 2. The Morgan fingerprint density at radius 2 is 1.61 bits per heavy atom. The molecule has 1 N–H and O–H groups in total. The van der Waals surface area contributed by atoms with E-state index in [0.29, 0.717) is 42.5 Å². The number of hydrogen-bond acceptors (Lipinski definition) is 4. The molecule has 1 aliphatic rings. The second-order valence-electron chi connectivity index (χ2n) is 7.14. The van der Waals surface area contributed by atoms with Crippen molar-refractivity contribution in [3.05, 3.63) is 78.4 Å². The Kier molecular flexibility index (Phi) is 6.17. The number of hydrogen-bond donors (Lipinski definition) is 1. The minimum absolute atomic E-state index is 0.0487. The molecule has 1 aliphatic heterocycles. The van der Waals surface area contributed by atoms with E-state index < -0.39 is 0 Å². The number of carbonyl (C=O) groups is 2. The van der Waals surface area contributed by atoms with Crippen LogP contribution in [0.3, 0.4) is 0 Å². The molecule has 0 aliphatic carbocycles. The minimum Gasteiger partial charge on any atom is -0.486 e. The Bertz CT molecular complexity index is 1080. The molecule has 3 aromatic carbocycles. The van der Waals surface area contributed by atoms with Crippen LogP contribution in [0.15, 0.2) is 72.8 Å². The number of likely N-dealkylation sites (N-methyl/N-ethyl adjacent to an activating group) is 1. The lowest BCUT2D eigenvalue weighted by atomic mass is 9.99. The van der Waals surface area contributed by atoms with Gasteiger partial charge >= 0.3 is 0 Å². The summed E-state index contributed by atoms with van der Waals surface area (Å²) in [4.78, 5) is 27.5. The standard InChI is InChI=1S/C25H24N2O4/c1-2-27(17-24(28)26-19-12-13-22-23(16-19)31-15-14-30-22)25(29)21-11-7-6-10-20(21)18-8-4-3-5-9-18/h3-13,16H,2,14-15,17H2,1H3,(H,26,28). The number of nitrogens with zero attached hydrogens (tertiary/aromatic N) is 1. The van der Waals surface area contributed by atoms with Gasteiger partial charge in [-0.3, -0.25) is 9.59 Å². The third-order valence-corrected chi connectivity index (χ3v) is 5.07. The second-order valence-corrected chi connectivity index (χ2v) is 7.14. The van der Waals surface area contributed by atoms with Crippen molar-refractivity contribution in [2.45, 2.75) is 6.92 Å². The van der Waals surface area contributed by atoms with Gasteiger partial charge in [-0.2, -0.15) is 0 Å². The Hall–Kier alpha value is -3.80. The third-order valence-electron chi connectivity index (χ3n) is 5.07. The third kappa shape index (κ3) is 4.69. The molecule has 0 saturated heterocycles. The molecule has 0 saturated carbocycles. The van der Waals surface area contributed by atoms with Crippen molar-refractivity contribution in [3.63, 3.8) is 0 Å². The van der Waals surface area contributed by atoms with E-state index in [1.807, 2.05) is 55.5 Å². The maximum Gasteiger partial charge on any atom is 0.254 e. The number of amides is 2. The van der Waals surface area contributed by atoms with Gasteiger partial charge in [0.05, 0.1) is 0 Å². The van der Waals surface area contributed by atoms with Gasteiger partial charge in [0, 0.05) is 23.9 Å². The molecule has 0 unspecified atom stereocenters. The number of nitrogens with one attached hydrogen (secondary N) is 1. The second kappa shape index (κ2) is 9.34. The van der Waals surface area contributed by atoms with Crippen LogP contribution in [0, 0.1) is 0 Å². The van der Waals surface area contributed by atoms with Crippen LogP contribution in [0.25, 0.3) is 11.1 Å². The zero-order chi connectivity index (χ0) is 21.6. The zero-order valence-corrected chi connectivity index (χ0v) is 17.3. The van der Waals surface area contributed by atoms with Crippen molar-refractivity contribution in [1.82, 2.24) is 4.90 Å². The van der Waals surface area contributed by atoms with Crippen molar-refractivity contribution in [2.75, 3.05) is 31.6 Å². The number of anilines is 1. The van der Waals surface area contributed by atoms with Gasteiger partial charge in [0.15, 0.2) is 11.5 Å². The number of fused-ring (bicyclic) bond motifs is 1. The molecule has 6 nitrogen and oxygen atoms in total. The van der Waals surface area contributed by atoms with Crippen molar-refractivity contribution >= 4 is 17.5 Å². The van der Waals surface area contributed by atoms with Gasteiger partial charge in [-0.05, 0) is 36.2 Å². The molecule has 2 amide bonds. The van der Waals surface area contributed by atoms with Gasteiger partial charge in [-0.1, -0.05) is 48.5 Å². The Morgan fingerprint density at radius 3 is 2.39 bits per heavy atom. The predicted molar refractivity (Wildman–Crippen MR) is 120 cm³/mol. The first-order valence-electron chi connectivity index (χ1n) is 10.3. The maximum absolute atomic E-state index is 13.3. The summed E-state index contributed by atoms with van der Waals surface area (Å²) in [7, 11) is 0. The molecule has 1 heterocycles. The fourth-order valence-electron chi connectivity index (χ4n) is 3.53. The van der Waals surface area contributed by atoms with Crippen molar-refractivity contribution in [1.29, 1.82) is 0 Å². The van der Waals surface area contributed by atoms with E-state index in [-0.39, 0.29) is 18.4 Å². The molecule has 0 aromatic heterocycles. The number of benzene rings is 3. The molecule has 0 bridgehead atoms. The summed E-state index contributed by atoms with van der Waals surface area (Å²) in [6.07, 6.45) is 0. The van der Waals surface area contributed by atoms with Crippen LogP contribution >= 0.6 is 0 Å². The van der Waals surface area contributed by atoms with Gasteiger partial charge in [0.25, 0.3) is 5.91 Å². The van der Waals surface area contributed by atoms with Crippen molar-refractivity contribution in [2.24, 2.45) is 0 Å². The summed E-state index contributed by atoms with van der Waals surface area (Å²) in [5.74, 6) is 0.805. The lowest BCUT2D eigenvalue weighted by Crippen LogP contribution is -2.38.